The van der Waals surface area contributed by atoms with Gasteiger partial charge in [-0.15, -0.1) is 11.8 Å². The molecule has 2 aromatic rings. The number of hydrogen-bond acceptors (Lipinski definition) is 2. The van der Waals surface area contributed by atoms with Crippen molar-refractivity contribution >= 4 is 34.8 Å². The second kappa shape index (κ2) is 7.92. The summed E-state index contributed by atoms with van der Waals surface area (Å²) >= 11 is 7.04. The molecule has 0 saturated heterocycles. The highest BCUT2D eigenvalue weighted by molar-refractivity contribution is 7.98. The molecule has 0 unspecified atom stereocenters. The molecule has 0 saturated carbocycles. The molecule has 4 heteroatoms. The number of benzene rings is 2. The van der Waals surface area contributed by atoms with Crippen molar-refractivity contribution in [1.29, 1.82) is 0 Å². The molecular formula is C16H18N2S2. The molecule has 0 fully saturated rings. The van der Waals surface area contributed by atoms with Crippen molar-refractivity contribution in [3.63, 3.8) is 0 Å². The molecule has 0 radical (unpaired) electrons. The van der Waals surface area contributed by atoms with E-state index in [1.54, 1.807) is 11.8 Å². The summed E-state index contributed by atoms with van der Waals surface area (Å²) in [5.74, 6) is 0. The second-order valence-corrected chi connectivity index (χ2v) is 5.57. The molecule has 0 amide bonds. The zero-order chi connectivity index (χ0) is 14.2. The van der Waals surface area contributed by atoms with Gasteiger partial charge >= 0.3 is 0 Å². The summed E-state index contributed by atoms with van der Waals surface area (Å²) in [5.41, 5.74) is 2.37. The first-order valence-corrected chi connectivity index (χ1v) is 8.14. The van der Waals surface area contributed by atoms with Crippen LogP contribution in [0.2, 0.25) is 0 Å². The molecule has 0 aliphatic rings. The minimum absolute atomic E-state index is 0.669. The molecule has 0 aliphatic heterocycles. The predicted molar refractivity (Wildman–Crippen MR) is 92.6 cm³/mol. The van der Waals surface area contributed by atoms with Gasteiger partial charge in [-0.25, -0.2) is 0 Å². The van der Waals surface area contributed by atoms with Gasteiger partial charge in [0.1, 0.15) is 0 Å². The smallest absolute Gasteiger partial charge is 0.170 e. The molecule has 2 aromatic carbocycles. The van der Waals surface area contributed by atoms with E-state index in [-0.39, 0.29) is 0 Å². The van der Waals surface area contributed by atoms with Crippen LogP contribution < -0.4 is 10.6 Å². The van der Waals surface area contributed by atoms with E-state index in [0.717, 1.165) is 18.7 Å². The van der Waals surface area contributed by atoms with Crippen molar-refractivity contribution in [2.45, 2.75) is 11.3 Å². The van der Waals surface area contributed by atoms with Gasteiger partial charge < -0.3 is 10.6 Å². The third kappa shape index (κ3) is 4.54. The average Bonchev–Trinajstić information content (AvgIpc) is 2.49. The minimum atomic E-state index is 0.669. The first-order valence-electron chi connectivity index (χ1n) is 6.51. The summed E-state index contributed by atoms with van der Waals surface area (Å²) in [7, 11) is 0. The van der Waals surface area contributed by atoms with Crippen molar-refractivity contribution < 1.29 is 0 Å². The fourth-order valence-electron chi connectivity index (χ4n) is 1.88. The van der Waals surface area contributed by atoms with Gasteiger partial charge in [-0.3, -0.25) is 0 Å². The number of para-hydroxylation sites is 1. The Bertz CT molecular complexity index is 555. The monoisotopic (exact) mass is 302 g/mol. The zero-order valence-electron chi connectivity index (χ0n) is 11.4. The largest absolute Gasteiger partial charge is 0.362 e. The van der Waals surface area contributed by atoms with Crippen LogP contribution in [0.25, 0.3) is 0 Å². The number of hydrogen-bond donors (Lipinski definition) is 2. The van der Waals surface area contributed by atoms with E-state index < -0.39 is 0 Å². The van der Waals surface area contributed by atoms with Crippen LogP contribution in [0.4, 0.5) is 5.69 Å². The van der Waals surface area contributed by atoms with Crippen molar-refractivity contribution in [2.75, 3.05) is 18.1 Å². The lowest BCUT2D eigenvalue weighted by atomic mass is 10.1. The summed E-state index contributed by atoms with van der Waals surface area (Å²) in [6, 6.07) is 18.6. The fourth-order valence-corrected chi connectivity index (χ4v) is 2.65. The number of thioether (sulfide) groups is 1. The average molecular weight is 302 g/mol. The zero-order valence-corrected chi connectivity index (χ0v) is 13.1. The SMILES string of the molecule is CSc1ccccc1NC(=S)NCCc1ccccc1. The second-order valence-electron chi connectivity index (χ2n) is 4.32. The Morgan fingerprint density at radius 2 is 1.75 bits per heavy atom. The highest BCUT2D eigenvalue weighted by Crippen LogP contribution is 2.24. The Balaban J connectivity index is 1.81. The van der Waals surface area contributed by atoms with Gasteiger partial charge in [0.25, 0.3) is 0 Å². The Labute approximate surface area is 130 Å². The van der Waals surface area contributed by atoms with Crippen LogP contribution >= 0.6 is 24.0 Å². The van der Waals surface area contributed by atoms with Crippen LogP contribution in [0, 0.1) is 0 Å². The molecule has 2 rings (SSSR count). The lowest BCUT2D eigenvalue weighted by Crippen LogP contribution is -2.30. The molecule has 0 bridgehead atoms. The van der Waals surface area contributed by atoms with E-state index in [1.807, 2.05) is 24.3 Å². The van der Waals surface area contributed by atoms with Gasteiger partial charge in [0.15, 0.2) is 5.11 Å². The first-order chi connectivity index (χ1) is 9.79. The van der Waals surface area contributed by atoms with Crippen LogP contribution in [0.3, 0.4) is 0 Å². The van der Waals surface area contributed by atoms with E-state index in [2.05, 4.69) is 47.2 Å². The highest BCUT2D eigenvalue weighted by Gasteiger charge is 2.02. The first kappa shape index (κ1) is 14.9. The van der Waals surface area contributed by atoms with E-state index in [4.69, 9.17) is 12.2 Å². The molecule has 0 aliphatic carbocycles. The van der Waals surface area contributed by atoms with Gasteiger partial charge in [0.2, 0.25) is 0 Å². The van der Waals surface area contributed by atoms with Gasteiger partial charge in [0.05, 0.1) is 5.69 Å². The third-order valence-corrected chi connectivity index (χ3v) is 3.94. The Morgan fingerprint density at radius 3 is 2.50 bits per heavy atom. The minimum Gasteiger partial charge on any atom is -0.362 e. The van der Waals surface area contributed by atoms with Crippen molar-refractivity contribution in [1.82, 2.24) is 5.32 Å². The number of rotatable bonds is 5. The number of anilines is 1. The number of thiocarbonyl (C=S) groups is 1. The quantitative estimate of drug-likeness (QED) is 0.645. The van der Waals surface area contributed by atoms with E-state index >= 15 is 0 Å². The molecule has 2 N–H and O–H groups in total. The Hall–Kier alpha value is -1.52. The predicted octanol–water partition coefficient (Wildman–Crippen LogP) is 3.94. The Kier molecular flexibility index (Phi) is 5.89. The lowest BCUT2D eigenvalue weighted by Gasteiger charge is -2.13. The van der Waals surface area contributed by atoms with Crippen molar-refractivity contribution in [3.8, 4) is 0 Å². The van der Waals surface area contributed by atoms with E-state index in [1.165, 1.54) is 10.5 Å². The van der Waals surface area contributed by atoms with Crippen LogP contribution in [0.15, 0.2) is 59.5 Å². The van der Waals surface area contributed by atoms with Crippen LogP contribution in [-0.2, 0) is 6.42 Å². The molecule has 20 heavy (non-hydrogen) atoms. The van der Waals surface area contributed by atoms with Gasteiger partial charge in [-0.1, -0.05) is 42.5 Å². The summed E-state index contributed by atoms with van der Waals surface area (Å²) < 4.78 is 0. The molecule has 0 spiro atoms. The maximum absolute atomic E-state index is 5.33. The molecule has 0 atom stereocenters. The van der Waals surface area contributed by atoms with Crippen molar-refractivity contribution in [2.24, 2.45) is 0 Å². The molecule has 104 valence electrons. The van der Waals surface area contributed by atoms with Crippen LogP contribution in [-0.4, -0.2) is 17.9 Å². The van der Waals surface area contributed by atoms with Gasteiger partial charge in [-0.05, 0) is 42.6 Å². The third-order valence-electron chi connectivity index (χ3n) is 2.90. The molecule has 0 heterocycles. The summed E-state index contributed by atoms with van der Waals surface area (Å²) in [6.07, 6.45) is 3.03. The molecule has 2 nitrogen and oxygen atoms in total. The molecule has 0 aromatic heterocycles. The van der Waals surface area contributed by atoms with E-state index in [0.29, 0.717) is 5.11 Å². The summed E-state index contributed by atoms with van der Waals surface area (Å²) in [5, 5.41) is 7.16. The standard InChI is InChI=1S/C16H18N2S2/c1-20-15-10-6-5-9-14(15)18-16(19)17-12-11-13-7-3-2-4-8-13/h2-10H,11-12H2,1H3,(H2,17,18,19). The summed E-state index contributed by atoms with van der Waals surface area (Å²) in [6.45, 7) is 0.831. The van der Waals surface area contributed by atoms with E-state index in [9.17, 15) is 0 Å². The topological polar surface area (TPSA) is 24.1 Å². The maximum atomic E-state index is 5.33. The Morgan fingerprint density at radius 1 is 1.05 bits per heavy atom. The molecular weight excluding hydrogens is 284 g/mol. The maximum Gasteiger partial charge on any atom is 0.170 e. The van der Waals surface area contributed by atoms with Crippen molar-refractivity contribution in [3.05, 3.63) is 60.2 Å². The van der Waals surface area contributed by atoms with Gasteiger partial charge in [0, 0.05) is 11.4 Å². The normalized spacial score (nSPS) is 10.1. The lowest BCUT2D eigenvalue weighted by molar-refractivity contribution is 0.873. The highest BCUT2D eigenvalue weighted by atomic mass is 32.2. The summed E-state index contributed by atoms with van der Waals surface area (Å²) in [4.78, 5) is 1.19. The number of nitrogens with one attached hydrogen (secondary N) is 2. The van der Waals surface area contributed by atoms with Crippen LogP contribution in [0.5, 0.6) is 0 Å². The fraction of sp³-hybridized carbons (Fsp3) is 0.188. The van der Waals surface area contributed by atoms with Gasteiger partial charge in [-0.2, -0.15) is 0 Å². The van der Waals surface area contributed by atoms with Crippen LogP contribution in [0.1, 0.15) is 5.56 Å².